The molecule has 3 aromatic rings. The molecular formula is C22H12ClF6NO3. The molecular weight excluding hydrogens is 476 g/mol. The number of nitrogens with zero attached hydrogens (tertiary/aromatic N) is 1. The summed E-state index contributed by atoms with van der Waals surface area (Å²) in [5.74, 6) is -3.69. The Bertz CT molecular complexity index is 1290. The molecule has 1 aliphatic heterocycles. The summed E-state index contributed by atoms with van der Waals surface area (Å²) in [6.07, 6.45) is -11.7. The lowest BCUT2D eigenvalue weighted by molar-refractivity contribution is -0.177. The fourth-order valence-electron chi connectivity index (χ4n) is 3.82. The van der Waals surface area contributed by atoms with Gasteiger partial charge in [-0.15, -0.1) is 0 Å². The number of alkyl halides is 6. The number of benzene rings is 3. The predicted octanol–water partition coefficient (Wildman–Crippen LogP) is 6.86. The van der Waals surface area contributed by atoms with Gasteiger partial charge < -0.3 is 9.94 Å². The molecule has 1 heterocycles. The zero-order valence-electron chi connectivity index (χ0n) is 16.2. The second-order valence-corrected chi connectivity index (χ2v) is 7.74. The SMILES string of the molecule is O=C(O)c1ccc(C2=NOC(c3cc(Cl)cc(C(F)(F)F)c3)C2C(F)(F)F)c2ccccc12. The number of carboxylic acid groups (broad SMARTS) is 1. The van der Waals surface area contributed by atoms with Crippen LogP contribution >= 0.6 is 11.6 Å². The number of oxime groups is 1. The Labute approximate surface area is 187 Å². The number of fused-ring (bicyclic) bond motifs is 1. The average molecular weight is 488 g/mol. The third kappa shape index (κ3) is 4.22. The summed E-state index contributed by atoms with van der Waals surface area (Å²) in [4.78, 5) is 16.5. The quantitative estimate of drug-likeness (QED) is 0.410. The third-order valence-electron chi connectivity index (χ3n) is 5.22. The lowest BCUT2D eigenvalue weighted by atomic mass is 9.85. The van der Waals surface area contributed by atoms with Crippen molar-refractivity contribution in [1.29, 1.82) is 0 Å². The number of hydrogen-bond acceptors (Lipinski definition) is 3. The molecule has 0 aliphatic carbocycles. The first kappa shape index (κ1) is 22.9. The molecule has 4 nitrogen and oxygen atoms in total. The van der Waals surface area contributed by atoms with Gasteiger partial charge in [0, 0.05) is 10.6 Å². The van der Waals surface area contributed by atoms with E-state index in [1.165, 1.54) is 30.3 Å². The Hall–Kier alpha value is -3.27. The van der Waals surface area contributed by atoms with E-state index in [2.05, 4.69) is 5.16 Å². The third-order valence-corrected chi connectivity index (χ3v) is 5.44. The maximum Gasteiger partial charge on any atom is 0.416 e. The van der Waals surface area contributed by atoms with E-state index in [1.54, 1.807) is 0 Å². The van der Waals surface area contributed by atoms with Crippen molar-refractivity contribution in [2.45, 2.75) is 18.5 Å². The van der Waals surface area contributed by atoms with E-state index in [0.717, 1.165) is 12.1 Å². The summed E-state index contributed by atoms with van der Waals surface area (Å²) < 4.78 is 82.1. The molecule has 3 aromatic carbocycles. The molecule has 0 bridgehead atoms. The normalized spacial score (nSPS) is 18.8. The van der Waals surface area contributed by atoms with Gasteiger partial charge in [0.25, 0.3) is 0 Å². The van der Waals surface area contributed by atoms with E-state index in [1.807, 2.05) is 0 Å². The molecule has 0 saturated heterocycles. The lowest BCUT2D eigenvalue weighted by Gasteiger charge is -2.23. The van der Waals surface area contributed by atoms with Gasteiger partial charge in [-0.05, 0) is 40.6 Å². The predicted molar refractivity (Wildman–Crippen MR) is 107 cm³/mol. The highest BCUT2D eigenvalue weighted by Gasteiger charge is 2.54. The molecule has 11 heteroatoms. The Balaban J connectivity index is 1.86. The average Bonchev–Trinajstić information content (AvgIpc) is 3.17. The molecule has 0 spiro atoms. The second kappa shape index (κ2) is 7.95. The van der Waals surface area contributed by atoms with Crippen molar-refractivity contribution in [3.8, 4) is 0 Å². The van der Waals surface area contributed by atoms with Gasteiger partial charge >= 0.3 is 18.3 Å². The Morgan fingerprint density at radius 2 is 1.64 bits per heavy atom. The highest BCUT2D eigenvalue weighted by Crippen LogP contribution is 2.47. The molecule has 0 saturated carbocycles. The van der Waals surface area contributed by atoms with E-state index >= 15 is 0 Å². The first-order chi connectivity index (χ1) is 15.4. The van der Waals surface area contributed by atoms with Crippen LogP contribution in [0.1, 0.15) is 33.2 Å². The van der Waals surface area contributed by atoms with Crippen LogP contribution in [0.15, 0.2) is 59.8 Å². The fourth-order valence-corrected chi connectivity index (χ4v) is 4.06. The molecule has 4 rings (SSSR count). The van der Waals surface area contributed by atoms with Gasteiger partial charge in [0.05, 0.1) is 11.1 Å². The summed E-state index contributed by atoms with van der Waals surface area (Å²) in [6.45, 7) is 0. The number of hydrogen-bond donors (Lipinski definition) is 1. The van der Waals surface area contributed by atoms with Crippen molar-refractivity contribution >= 4 is 34.1 Å². The van der Waals surface area contributed by atoms with Crippen molar-refractivity contribution in [2.75, 3.05) is 0 Å². The van der Waals surface area contributed by atoms with Gasteiger partial charge in [-0.1, -0.05) is 47.1 Å². The van der Waals surface area contributed by atoms with Crippen LogP contribution in [-0.4, -0.2) is 23.0 Å². The van der Waals surface area contributed by atoms with Gasteiger partial charge in [-0.2, -0.15) is 26.3 Å². The molecule has 33 heavy (non-hydrogen) atoms. The number of carboxylic acids is 1. The summed E-state index contributed by atoms with van der Waals surface area (Å²) in [5, 5.41) is 12.9. The summed E-state index contributed by atoms with van der Waals surface area (Å²) >= 11 is 5.75. The van der Waals surface area contributed by atoms with Gasteiger partial charge in [0.2, 0.25) is 0 Å². The molecule has 0 fully saturated rings. The topological polar surface area (TPSA) is 58.9 Å². The smallest absolute Gasteiger partial charge is 0.416 e. The zero-order valence-corrected chi connectivity index (χ0v) is 17.0. The molecule has 0 radical (unpaired) electrons. The summed E-state index contributed by atoms with van der Waals surface area (Å²) in [7, 11) is 0. The van der Waals surface area contributed by atoms with Gasteiger partial charge in [0.1, 0.15) is 11.6 Å². The van der Waals surface area contributed by atoms with Gasteiger partial charge in [-0.25, -0.2) is 4.79 Å². The van der Waals surface area contributed by atoms with E-state index in [-0.39, 0.29) is 21.9 Å². The van der Waals surface area contributed by atoms with E-state index < -0.39 is 52.2 Å². The summed E-state index contributed by atoms with van der Waals surface area (Å²) in [6, 6.07) is 10.3. The van der Waals surface area contributed by atoms with Gasteiger partial charge in [-0.3, -0.25) is 0 Å². The maximum absolute atomic E-state index is 14.2. The Morgan fingerprint density at radius 1 is 0.970 bits per heavy atom. The number of carbonyl (C=O) groups is 1. The number of aromatic carboxylic acids is 1. The minimum Gasteiger partial charge on any atom is -0.478 e. The Morgan fingerprint density at radius 3 is 2.24 bits per heavy atom. The minimum absolute atomic E-state index is 0.0431. The summed E-state index contributed by atoms with van der Waals surface area (Å²) in [5.41, 5.74) is -2.41. The minimum atomic E-state index is -4.95. The monoisotopic (exact) mass is 487 g/mol. The molecule has 1 aliphatic rings. The standard InChI is InChI=1S/C22H12ClF6NO3/c23-12-8-10(7-11(9-12)21(24,25)26)19-17(22(27,28)29)18(30-33-19)15-5-6-16(20(31)32)14-4-2-1-3-13(14)15/h1-9,17,19H,(H,31,32). The number of halogens is 7. The molecule has 0 amide bonds. The van der Waals surface area contributed by atoms with Crippen LogP contribution in [0.3, 0.4) is 0 Å². The number of rotatable bonds is 3. The molecule has 2 atom stereocenters. The first-order valence-electron chi connectivity index (χ1n) is 9.31. The van der Waals surface area contributed by atoms with Crippen LogP contribution in [0.2, 0.25) is 5.02 Å². The molecule has 2 unspecified atom stereocenters. The van der Waals surface area contributed by atoms with Crippen LogP contribution in [0, 0.1) is 5.92 Å². The van der Waals surface area contributed by atoms with E-state index in [0.29, 0.717) is 12.1 Å². The maximum atomic E-state index is 14.2. The van der Waals surface area contributed by atoms with Crippen molar-refractivity contribution in [2.24, 2.45) is 11.1 Å². The van der Waals surface area contributed by atoms with Crippen molar-refractivity contribution in [1.82, 2.24) is 0 Å². The second-order valence-electron chi connectivity index (χ2n) is 7.30. The van der Waals surface area contributed by atoms with Crippen LogP contribution in [-0.2, 0) is 11.0 Å². The van der Waals surface area contributed by atoms with E-state index in [9.17, 15) is 36.2 Å². The molecule has 172 valence electrons. The first-order valence-corrected chi connectivity index (χ1v) is 9.69. The largest absolute Gasteiger partial charge is 0.478 e. The van der Waals surface area contributed by atoms with Crippen molar-refractivity contribution in [3.05, 3.63) is 81.9 Å². The highest BCUT2D eigenvalue weighted by atomic mass is 35.5. The van der Waals surface area contributed by atoms with Crippen LogP contribution in [0.5, 0.6) is 0 Å². The fraction of sp³-hybridized carbons (Fsp3) is 0.182. The molecule has 0 aromatic heterocycles. The van der Waals surface area contributed by atoms with Gasteiger partial charge in [0.15, 0.2) is 6.10 Å². The zero-order chi connectivity index (χ0) is 24.1. The van der Waals surface area contributed by atoms with E-state index in [4.69, 9.17) is 16.4 Å². The molecule has 1 N–H and O–H groups in total. The van der Waals surface area contributed by atoms with Crippen LogP contribution in [0.4, 0.5) is 26.3 Å². The lowest BCUT2D eigenvalue weighted by Crippen LogP contribution is -2.33. The van der Waals surface area contributed by atoms with Crippen LogP contribution in [0.25, 0.3) is 10.8 Å². The van der Waals surface area contributed by atoms with Crippen LogP contribution < -0.4 is 0 Å². The van der Waals surface area contributed by atoms with Crippen molar-refractivity contribution in [3.63, 3.8) is 0 Å². The highest BCUT2D eigenvalue weighted by molar-refractivity contribution is 6.30. The van der Waals surface area contributed by atoms with Crippen molar-refractivity contribution < 1.29 is 41.1 Å². The Kier molecular flexibility index (Phi) is 5.52.